The Morgan fingerprint density at radius 1 is 1.03 bits per heavy atom. The number of carbonyl (C=O) groups excluding carboxylic acids is 1. The van der Waals surface area contributed by atoms with Gasteiger partial charge in [-0.15, -0.1) is 10.2 Å². The summed E-state index contributed by atoms with van der Waals surface area (Å²) >= 11 is 1.18. The van der Waals surface area contributed by atoms with Crippen LogP contribution >= 0.6 is 11.8 Å². The Kier molecular flexibility index (Phi) is 6.45. The monoisotopic (exact) mass is 415 g/mol. The number of carbonyl (C=O) groups is 1. The molecule has 1 amide bonds. The maximum Gasteiger partial charge on any atom is 0.234 e. The number of methoxy groups -OCH3 is 3. The molecule has 0 atom stereocenters. The van der Waals surface area contributed by atoms with Gasteiger partial charge in [0.25, 0.3) is 0 Å². The van der Waals surface area contributed by atoms with Gasteiger partial charge in [0, 0.05) is 11.8 Å². The SMILES string of the molecule is COc1ccc(NC(=O)CSc2nnc(-c3ccc(OC)cc3OC)n2N)cc1. The van der Waals surface area contributed by atoms with Crippen LogP contribution in [-0.4, -0.2) is 47.9 Å². The Bertz CT molecular complexity index is 991. The molecule has 0 saturated heterocycles. The molecule has 3 rings (SSSR count). The van der Waals surface area contributed by atoms with E-state index >= 15 is 0 Å². The van der Waals surface area contributed by atoms with Gasteiger partial charge in [-0.25, -0.2) is 4.68 Å². The summed E-state index contributed by atoms with van der Waals surface area (Å²) in [4.78, 5) is 12.2. The van der Waals surface area contributed by atoms with Crippen molar-refractivity contribution >= 4 is 23.4 Å². The highest BCUT2D eigenvalue weighted by Crippen LogP contribution is 2.33. The van der Waals surface area contributed by atoms with Crippen molar-refractivity contribution in [2.45, 2.75) is 5.16 Å². The number of anilines is 1. The number of ether oxygens (including phenoxy) is 3. The third-order valence-electron chi connectivity index (χ3n) is 4.02. The third-order valence-corrected chi connectivity index (χ3v) is 4.96. The molecule has 0 spiro atoms. The van der Waals surface area contributed by atoms with Gasteiger partial charge in [0.1, 0.15) is 17.2 Å². The van der Waals surface area contributed by atoms with Crippen LogP contribution in [0.2, 0.25) is 0 Å². The average Bonchev–Trinajstić information content (AvgIpc) is 3.12. The maximum absolute atomic E-state index is 12.2. The zero-order valence-electron chi connectivity index (χ0n) is 16.2. The van der Waals surface area contributed by atoms with Crippen molar-refractivity contribution in [1.82, 2.24) is 14.9 Å². The first-order chi connectivity index (χ1) is 14.0. The highest BCUT2D eigenvalue weighted by atomic mass is 32.2. The Morgan fingerprint density at radius 2 is 1.72 bits per heavy atom. The van der Waals surface area contributed by atoms with E-state index in [2.05, 4.69) is 15.5 Å². The minimum absolute atomic E-state index is 0.126. The summed E-state index contributed by atoms with van der Waals surface area (Å²) in [5, 5.41) is 11.4. The van der Waals surface area contributed by atoms with Crippen molar-refractivity contribution in [2.24, 2.45) is 0 Å². The van der Waals surface area contributed by atoms with Gasteiger partial charge in [0.2, 0.25) is 11.1 Å². The molecular formula is C19H21N5O4S. The first-order valence-electron chi connectivity index (χ1n) is 8.55. The minimum atomic E-state index is -0.188. The van der Waals surface area contributed by atoms with E-state index in [0.717, 1.165) is 5.75 Å². The van der Waals surface area contributed by atoms with Crippen molar-refractivity contribution < 1.29 is 19.0 Å². The molecule has 0 aliphatic carbocycles. The fourth-order valence-electron chi connectivity index (χ4n) is 2.54. The van der Waals surface area contributed by atoms with Crippen molar-refractivity contribution in [3.8, 4) is 28.6 Å². The lowest BCUT2D eigenvalue weighted by Crippen LogP contribution is -2.16. The van der Waals surface area contributed by atoms with Crippen LogP contribution in [0.25, 0.3) is 11.4 Å². The number of thioether (sulfide) groups is 1. The molecule has 3 aromatic rings. The summed E-state index contributed by atoms with van der Waals surface area (Å²) in [6.45, 7) is 0. The molecule has 2 aromatic carbocycles. The van der Waals surface area contributed by atoms with Gasteiger partial charge in [-0.05, 0) is 36.4 Å². The fourth-order valence-corrected chi connectivity index (χ4v) is 3.20. The van der Waals surface area contributed by atoms with Crippen LogP contribution in [0.15, 0.2) is 47.6 Å². The Morgan fingerprint density at radius 3 is 2.38 bits per heavy atom. The number of nitrogens with two attached hydrogens (primary N) is 1. The molecule has 10 heteroatoms. The van der Waals surface area contributed by atoms with E-state index in [1.165, 1.54) is 16.4 Å². The van der Waals surface area contributed by atoms with Crippen LogP contribution in [0.1, 0.15) is 0 Å². The van der Waals surface area contributed by atoms with Gasteiger partial charge < -0.3 is 25.4 Å². The number of hydrogen-bond donors (Lipinski definition) is 2. The zero-order chi connectivity index (χ0) is 20.8. The molecule has 0 aliphatic rings. The average molecular weight is 415 g/mol. The number of hydrogen-bond acceptors (Lipinski definition) is 8. The number of benzene rings is 2. The second-order valence-electron chi connectivity index (χ2n) is 5.81. The summed E-state index contributed by atoms with van der Waals surface area (Å²) < 4.78 is 17.0. The molecule has 3 N–H and O–H groups in total. The molecule has 1 heterocycles. The predicted octanol–water partition coefficient (Wildman–Crippen LogP) is 2.42. The molecule has 0 radical (unpaired) electrons. The Balaban J connectivity index is 1.67. The van der Waals surface area contributed by atoms with Crippen LogP contribution in [0.3, 0.4) is 0 Å². The largest absolute Gasteiger partial charge is 0.497 e. The molecule has 0 bridgehead atoms. The van der Waals surface area contributed by atoms with Crippen molar-refractivity contribution in [3.05, 3.63) is 42.5 Å². The highest BCUT2D eigenvalue weighted by molar-refractivity contribution is 7.99. The number of amides is 1. The topological polar surface area (TPSA) is 114 Å². The van der Waals surface area contributed by atoms with Gasteiger partial charge in [0.15, 0.2) is 5.82 Å². The molecule has 152 valence electrons. The maximum atomic E-state index is 12.2. The quantitative estimate of drug-likeness (QED) is 0.426. The molecule has 9 nitrogen and oxygen atoms in total. The smallest absolute Gasteiger partial charge is 0.234 e. The minimum Gasteiger partial charge on any atom is -0.497 e. The second kappa shape index (κ2) is 9.20. The highest BCUT2D eigenvalue weighted by Gasteiger charge is 2.17. The Labute approximate surface area is 172 Å². The molecule has 1 aromatic heterocycles. The van der Waals surface area contributed by atoms with Gasteiger partial charge in [-0.2, -0.15) is 0 Å². The fraction of sp³-hybridized carbons (Fsp3) is 0.211. The molecule has 0 aliphatic heterocycles. The zero-order valence-corrected chi connectivity index (χ0v) is 17.0. The molecule has 0 saturated carbocycles. The van der Waals surface area contributed by atoms with Crippen molar-refractivity contribution in [2.75, 3.05) is 38.2 Å². The molecule has 29 heavy (non-hydrogen) atoms. The lowest BCUT2D eigenvalue weighted by molar-refractivity contribution is -0.113. The lowest BCUT2D eigenvalue weighted by Gasteiger charge is -2.10. The summed E-state index contributed by atoms with van der Waals surface area (Å²) in [5.41, 5.74) is 1.34. The van der Waals surface area contributed by atoms with Crippen LogP contribution in [-0.2, 0) is 4.79 Å². The third kappa shape index (κ3) is 4.72. The van der Waals surface area contributed by atoms with E-state index in [4.69, 9.17) is 20.1 Å². The number of nitrogens with one attached hydrogen (secondary N) is 1. The Hall–Kier alpha value is -3.40. The molecule has 0 unspecified atom stereocenters. The van der Waals surface area contributed by atoms with E-state index in [0.29, 0.717) is 33.7 Å². The van der Waals surface area contributed by atoms with E-state index in [1.807, 2.05) is 0 Å². The van der Waals surface area contributed by atoms with Crippen molar-refractivity contribution in [1.29, 1.82) is 0 Å². The number of rotatable bonds is 8. The van der Waals surface area contributed by atoms with Crippen LogP contribution in [0.4, 0.5) is 5.69 Å². The van der Waals surface area contributed by atoms with Gasteiger partial charge in [-0.3, -0.25) is 4.79 Å². The van der Waals surface area contributed by atoms with E-state index in [1.54, 1.807) is 63.8 Å². The first-order valence-corrected chi connectivity index (χ1v) is 9.54. The number of nitrogens with zero attached hydrogens (tertiary/aromatic N) is 3. The van der Waals surface area contributed by atoms with E-state index in [-0.39, 0.29) is 11.7 Å². The first kappa shape index (κ1) is 20.3. The standard InChI is InChI=1S/C19H21N5O4S/c1-26-13-6-4-12(5-7-13)21-17(25)11-29-19-23-22-18(24(19)20)15-9-8-14(27-2)10-16(15)28-3/h4-10H,11,20H2,1-3H3,(H,21,25). The lowest BCUT2D eigenvalue weighted by atomic mass is 10.2. The normalized spacial score (nSPS) is 10.4. The molecular weight excluding hydrogens is 394 g/mol. The van der Waals surface area contributed by atoms with Gasteiger partial charge in [-0.1, -0.05) is 11.8 Å². The van der Waals surface area contributed by atoms with Crippen LogP contribution < -0.4 is 25.4 Å². The predicted molar refractivity (Wildman–Crippen MR) is 111 cm³/mol. The number of nitrogen functional groups attached to an aromatic ring is 1. The summed E-state index contributed by atoms with van der Waals surface area (Å²) in [6.07, 6.45) is 0. The van der Waals surface area contributed by atoms with Crippen molar-refractivity contribution in [3.63, 3.8) is 0 Å². The second-order valence-corrected chi connectivity index (χ2v) is 6.75. The van der Waals surface area contributed by atoms with E-state index < -0.39 is 0 Å². The van der Waals surface area contributed by atoms with Crippen LogP contribution in [0, 0.1) is 0 Å². The summed E-state index contributed by atoms with van der Waals surface area (Å²) in [7, 11) is 4.71. The summed E-state index contributed by atoms with van der Waals surface area (Å²) in [5.74, 6) is 8.42. The molecule has 0 fully saturated rings. The van der Waals surface area contributed by atoms with Gasteiger partial charge in [0.05, 0.1) is 32.6 Å². The van der Waals surface area contributed by atoms with Crippen LogP contribution in [0.5, 0.6) is 17.2 Å². The number of aromatic nitrogens is 3. The van der Waals surface area contributed by atoms with Gasteiger partial charge >= 0.3 is 0 Å². The van der Waals surface area contributed by atoms with E-state index in [9.17, 15) is 4.79 Å². The summed E-state index contributed by atoms with van der Waals surface area (Å²) in [6, 6.07) is 12.4.